The highest BCUT2D eigenvalue weighted by Crippen LogP contribution is 2.32. The molecule has 3 aromatic rings. The minimum Gasteiger partial charge on any atom is -0.372 e. The fourth-order valence-electron chi connectivity index (χ4n) is 3.05. The Hall–Kier alpha value is -3.26. The number of benzene rings is 3. The third-order valence-corrected chi connectivity index (χ3v) is 5.60. The van der Waals surface area contributed by atoms with Crippen molar-refractivity contribution in [1.29, 1.82) is 0 Å². The number of rotatable bonds is 7. The standard InChI is InChI=1S/C21H19FN2O4S/c1-29(27,28)16-11-12-19(21(14-16)24(25)26)23-20(13-15-7-3-2-4-8-15)17-9-5-6-10-18(17)22/h2-12,14,20,23H,13H2,1H3. The number of nitro benzene ring substituents is 1. The quantitative estimate of drug-likeness (QED) is 0.453. The van der Waals surface area contributed by atoms with Gasteiger partial charge in [-0.15, -0.1) is 0 Å². The molecule has 0 saturated carbocycles. The molecule has 8 heteroatoms. The number of sulfone groups is 1. The van der Waals surface area contributed by atoms with E-state index in [1.54, 1.807) is 18.2 Å². The topological polar surface area (TPSA) is 89.3 Å². The molecular formula is C21H19FN2O4S. The van der Waals surface area contributed by atoms with E-state index in [9.17, 15) is 22.9 Å². The van der Waals surface area contributed by atoms with Crippen LogP contribution < -0.4 is 5.32 Å². The van der Waals surface area contributed by atoms with Gasteiger partial charge in [-0.25, -0.2) is 12.8 Å². The highest BCUT2D eigenvalue weighted by Gasteiger charge is 2.23. The molecule has 0 heterocycles. The molecule has 1 N–H and O–H groups in total. The van der Waals surface area contributed by atoms with E-state index in [0.29, 0.717) is 12.0 Å². The maximum Gasteiger partial charge on any atom is 0.293 e. The van der Waals surface area contributed by atoms with Gasteiger partial charge in [0.2, 0.25) is 0 Å². The van der Waals surface area contributed by atoms with Crippen molar-refractivity contribution in [3.05, 3.63) is 99.9 Å². The highest BCUT2D eigenvalue weighted by atomic mass is 32.2. The molecule has 0 bridgehead atoms. The number of nitro groups is 1. The minimum atomic E-state index is -3.60. The average molecular weight is 414 g/mol. The fourth-order valence-corrected chi connectivity index (χ4v) is 3.69. The largest absolute Gasteiger partial charge is 0.372 e. The molecule has 0 fully saturated rings. The molecule has 150 valence electrons. The van der Waals surface area contributed by atoms with Crippen molar-refractivity contribution < 1.29 is 17.7 Å². The van der Waals surface area contributed by atoms with Crippen molar-refractivity contribution in [3.63, 3.8) is 0 Å². The zero-order valence-corrected chi connectivity index (χ0v) is 16.4. The van der Waals surface area contributed by atoms with E-state index in [-0.39, 0.29) is 16.3 Å². The Kier molecular flexibility index (Phi) is 5.93. The molecule has 0 aliphatic heterocycles. The molecule has 0 radical (unpaired) electrons. The Labute approximate surface area is 168 Å². The van der Waals surface area contributed by atoms with E-state index in [1.807, 2.05) is 30.3 Å². The van der Waals surface area contributed by atoms with Gasteiger partial charge in [0.15, 0.2) is 9.84 Å². The van der Waals surface area contributed by atoms with Crippen LogP contribution in [0.4, 0.5) is 15.8 Å². The normalized spacial score (nSPS) is 12.3. The summed E-state index contributed by atoms with van der Waals surface area (Å²) in [6.07, 6.45) is 1.36. The molecule has 6 nitrogen and oxygen atoms in total. The number of nitrogens with zero attached hydrogens (tertiary/aromatic N) is 1. The van der Waals surface area contributed by atoms with Crippen LogP contribution in [0.1, 0.15) is 17.2 Å². The van der Waals surface area contributed by atoms with E-state index in [1.165, 1.54) is 18.2 Å². The summed E-state index contributed by atoms with van der Waals surface area (Å²) in [6.45, 7) is 0. The first-order valence-electron chi connectivity index (χ1n) is 8.79. The van der Waals surface area contributed by atoms with Crippen LogP contribution in [0.5, 0.6) is 0 Å². The van der Waals surface area contributed by atoms with E-state index in [0.717, 1.165) is 17.9 Å². The third-order valence-electron chi connectivity index (χ3n) is 4.49. The van der Waals surface area contributed by atoms with E-state index in [4.69, 9.17) is 0 Å². The lowest BCUT2D eigenvalue weighted by Gasteiger charge is -2.21. The molecular weight excluding hydrogens is 395 g/mol. The van der Waals surface area contributed by atoms with Crippen LogP contribution in [0, 0.1) is 15.9 Å². The number of anilines is 1. The first-order chi connectivity index (χ1) is 13.8. The van der Waals surface area contributed by atoms with Crippen LogP contribution in [0.25, 0.3) is 0 Å². The lowest BCUT2D eigenvalue weighted by Crippen LogP contribution is -2.16. The van der Waals surface area contributed by atoms with Crippen LogP contribution in [-0.4, -0.2) is 19.6 Å². The molecule has 1 atom stereocenters. The van der Waals surface area contributed by atoms with Crippen LogP contribution in [0.3, 0.4) is 0 Å². The van der Waals surface area contributed by atoms with E-state index in [2.05, 4.69) is 5.32 Å². The second-order valence-electron chi connectivity index (χ2n) is 6.62. The highest BCUT2D eigenvalue weighted by molar-refractivity contribution is 7.90. The summed E-state index contributed by atoms with van der Waals surface area (Å²) in [5.74, 6) is -0.434. The van der Waals surface area contributed by atoms with Crippen molar-refractivity contribution in [2.75, 3.05) is 11.6 Å². The van der Waals surface area contributed by atoms with Gasteiger partial charge >= 0.3 is 0 Å². The number of hydrogen-bond donors (Lipinski definition) is 1. The second kappa shape index (κ2) is 8.40. The summed E-state index contributed by atoms with van der Waals surface area (Å²) in [7, 11) is -3.60. The van der Waals surface area contributed by atoms with Gasteiger partial charge in [-0.05, 0) is 30.2 Å². The molecule has 3 rings (SSSR count). The van der Waals surface area contributed by atoms with Gasteiger partial charge in [0, 0.05) is 17.9 Å². The zero-order chi connectivity index (χ0) is 21.0. The summed E-state index contributed by atoms with van der Waals surface area (Å²) in [5.41, 5.74) is 1.01. The van der Waals surface area contributed by atoms with Gasteiger partial charge in [-0.1, -0.05) is 48.5 Å². The number of hydrogen-bond acceptors (Lipinski definition) is 5. The maximum absolute atomic E-state index is 14.5. The van der Waals surface area contributed by atoms with Gasteiger partial charge in [0.05, 0.1) is 15.9 Å². The Morgan fingerprint density at radius 1 is 1.03 bits per heavy atom. The molecule has 0 aromatic heterocycles. The number of nitrogens with one attached hydrogen (secondary N) is 1. The maximum atomic E-state index is 14.5. The Balaban J connectivity index is 2.04. The van der Waals surface area contributed by atoms with Gasteiger partial charge in [0.25, 0.3) is 5.69 Å². The molecule has 0 saturated heterocycles. The summed E-state index contributed by atoms with van der Waals surface area (Å²) in [4.78, 5) is 10.7. The van der Waals surface area contributed by atoms with Gasteiger partial charge < -0.3 is 5.32 Å². The van der Waals surface area contributed by atoms with Crippen LogP contribution in [0.2, 0.25) is 0 Å². The van der Waals surface area contributed by atoms with Crippen LogP contribution in [-0.2, 0) is 16.3 Å². The lowest BCUT2D eigenvalue weighted by atomic mass is 9.98. The number of halogens is 1. The third kappa shape index (κ3) is 4.97. The van der Waals surface area contributed by atoms with Crippen molar-refractivity contribution in [3.8, 4) is 0 Å². The Bertz CT molecular complexity index is 1130. The van der Waals surface area contributed by atoms with Gasteiger partial charge in [-0.3, -0.25) is 10.1 Å². The molecule has 0 aliphatic carbocycles. The monoisotopic (exact) mass is 414 g/mol. The smallest absolute Gasteiger partial charge is 0.293 e. The summed E-state index contributed by atoms with van der Waals surface area (Å²) in [6, 6.07) is 18.6. The molecule has 29 heavy (non-hydrogen) atoms. The zero-order valence-electron chi connectivity index (χ0n) is 15.6. The molecule has 1 unspecified atom stereocenters. The molecule has 3 aromatic carbocycles. The first-order valence-corrected chi connectivity index (χ1v) is 10.7. The Morgan fingerprint density at radius 2 is 1.69 bits per heavy atom. The summed E-state index contributed by atoms with van der Waals surface area (Å²) < 4.78 is 38.0. The molecule has 0 amide bonds. The SMILES string of the molecule is CS(=O)(=O)c1ccc(NC(Cc2ccccc2)c2ccccc2F)c([N+](=O)[O-])c1. The van der Waals surface area contributed by atoms with Crippen molar-refractivity contribution in [2.45, 2.75) is 17.4 Å². The van der Waals surface area contributed by atoms with Crippen LogP contribution >= 0.6 is 0 Å². The average Bonchev–Trinajstić information content (AvgIpc) is 2.68. The minimum absolute atomic E-state index is 0.117. The first kappa shape index (κ1) is 20.5. The predicted molar refractivity (Wildman–Crippen MR) is 109 cm³/mol. The fraction of sp³-hybridized carbons (Fsp3) is 0.143. The van der Waals surface area contributed by atoms with Crippen LogP contribution in [0.15, 0.2) is 77.7 Å². The second-order valence-corrected chi connectivity index (χ2v) is 8.63. The van der Waals surface area contributed by atoms with Crippen molar-refractivity contribution in [1.82, 2.24) is 0 Å². The van der Waals surface area contributed by atoms with Gasteiger partial charge in [0.1, 0.15) is 11.5 Å². The lowest BCUT2D eigenvalue weighted by molar-refractivity contribution is -0.384. The van der Waals surface area contributed by atoms with E-state index < -0.39 is 26.6 Å². The molecule has 0 spiro atoms. The van der Waals surface area contributed by atoms with Crippen molar-refractivity contribution >= 4 is 21.2 Å². The van der Waals surface area contributed by atoms with Crippen molar-refractivity contribution in [2.24, 2.45) is 0 Å². The molecule has 0 aliphatic rings. The van der Waals surface area contributed by atoms with Gasteiger partial charge in [-0.2, -0.15) is 0 Å². The summed E-state index contributed by atoms with van der Waals surface area (Å²) >= 11 is 0. The van der Waals surface area contributed by atoms with E-state index >= 15 is 0 Å². The summed E-state index contributed by atoms with van der Waals surface area (Å²) in [5, 5.41) is 14.6. The predicted octanol–water partition coefficient (Wildman–Crippen LogP) is 4.53. The Morgan fingerprint density at radius 3 is 2.31 bits per heavy atom.